The highest BCUT2D eigenvalue weighted by atomic mass is 16.4. The number of benzene rings is 1. The van der Waals surface area contributed by atoms with Gasteiger partial charge in [0.15, 0.2) is 5.58 Å². The molecule has 5 nitrogen and oxygen atoms in total. The first-order valence-electron chi connectivity index (χ1n) is 4.84. The first-order chi connectivity index (χ1) is 7.56. The second kappa shape index (κ2) is 3.94. The molecule has 2 aromatic rings. The molecule has 2 rings (SSSR count). The molecule has 0 saturated heterocycles. The second-order valence-corrected chi connectivity index (χ2v) is 3.83. The van der Waals surface area contributed by atoms with E-state index in [0.717, 1.165) is 0 Å². The van der Waals surface area contributed by atoms with E-state index in [1.165, 1.54) is 12.1 Å². The number of aromatic carboxylic acids is 1. The maximum absolute atomic E-state index is 10.8. The minimum atomic E-state index is -0.959. The summed E-state index contributed by atoms with van der Waals surface area (Å²) in [6.45, 7) is 0.594. The summed E-state index contributed by atoms with van der Waals surface area (Å²) >= 11 is 0. The Balaban J connectivity index is 2.42. The van der Waals surface area contributed by atoms with E-state index in [-0.39, 0.29) is 5.56 Å². The molecule has 5 heteroatoms. The molecule has 0 atom stereocenters. The van der Waals surface area contributed by atoms with Crippen LogP contribution in [0.2, 0.25) is 0 Å². The molecular formula is C11H12N2O3. The number of rotatable bonds is 3. The maximum atomic E-state index is 10.8. The van der Waals surface area contributed by atoms with Crippen LogP contribution in [-0.4, -0.2) is 35.1 Å². The number of carboxylic acids is 1. The number of hydrogen-bond acceptors (Lipinski definition) is 4. The van der Waals surface area contributed by atoms with Gasteiger partial charge in [0.25, 0.3) is 0 Å². The zero-order chi connectivity index (χ0) is 11.7. The summed E-state index contributed by atoms with van der Waals surface area (Å²) in [6.07, 6.45) is 0. The van der Waals surface area contributed by atoms with Crippen LogP contribution in [0.3, 0.4) is 0 Å². The molecule has 1 heterocycles. The molecule has 0 aliphatic rings. The number of nitrogens with zero attached hydrogens (tertiary/aromatic N) is 2. The number of aromatic nitrogens is 1. The molecule has 1 aromatic heterocycles. The van der Waals surface area contributed by atoms with Gasteiger partial charge in [0.1, 0.15) is 5.52 Å². The SMILES string of the molecule is CN(C)Cc1nc2cc(C(=O)O)ccc2o1. The van der Waals surface area contributed by atoms with Crippen LogP contribution in [0, 0.1) is 0 Å². The predicted octanol–water partition coefficient (Wildman–Crippen LogP) is 1.59. The van der Waals surface area contributed by atoms with Crippen molar-refractivity contribution in [2.45, 2.75) is 6.54 Å². The average Bonchev–Trinajstić information content (AvgIpc) is 2.56. The van der Waals surface area contributed by atoms with E-state index >= 15 is 0 Å². The molecule has 0 aliphatic carbocycles. The number of oxazole rings is 1. The molecule has 0 spiro atoms. The topological polar surface area (TPSA) is 66.6 Å². The van der Waals surface area contributed by atoms with Crippen molar-refractivity contribution in [3.63, 3.8) is 0 Å². The van der Waals surface area contributed by atoms with E-state index < -0.39 is 5.97 Å². The van der Waals surface area contributed by atoms with Gasteiger partial charge in [-0.1, -0.05) is 0 Å². The molecule has 16 heavy (non-hydrogen) atoms. The van der Waals surface area contributed by atoms with Crippen molar-refractivity contribution < 1.29 is 14.3 Å². The molecule has 0 fully saturated rings. The minimum Gasteiger partial charge on any atom is -0.478 e. The number of fused-ring (bicyclic) bond motifs is 1. The Morgan fingerprint density at radius 1 is 1.50 bits per heavy atom. The van der Waals surface area contributed by atoms with Crippen LogP contribution >= 0.6 is 0 Å². The van der Waals surface area contributed by atoms with Crippen molar-refractivity contribution in [1.29, 1.82) is 0 Å². The Labute approximate surface area is 92.3 Å². The largest absolute Gasteiger partial charge is 0.478 e. The first-order valence-corrected chi connectivity index (χ1v) is 4.84. The summed E-state index contributed by atoms with van der Waals surface area (Å²) in [4.78, 5) is 16.9. The van der Waals surface area contributed by atoms with Crippen LogP contribution in [-0.2, 0) is 6.54 Å². The lowest BCUT2D eigenvalue weighted by Gasteiger charge is -2.03. The molecule has 0 aliphatic heterocycles. The molecule has 0 radical (unpaired) electrons. The average molecular weight is 220 g/mol. The van der Waals surface area contributed by atoms with E-state index in [1.54, 1.807) is 6.07 Å². The Bertz CT molecular complexity index is 531. The summed E-state index contributed by atoms with van der Waals surface area (Å²) in [7, 11) is 3.83. The zero-order valence-electron chi connectivity index (χ0n) is 9.10. The predicted molar refractivity (Wildman–Crippen MR) is 58.4 cm³/mol. The first kappa shape index (κ1) is 10.6. The van der Waals surface area contributed by atoms with E-state index in [4.69, 9.17) is 9.52 Å². The fourth-order valence-corrected chi connectivity index (χ4v) is 1.45. The molecule has 84 valence electrons. The van der Waals surface area contributed by atoms with Crippen molar-refractivity contribution in [2.24, 2.45) is 0 Å². The highest BCUT2D eigenvalue weighted by molar-refractivity contribution is 5.91. The van der Waals surface area contributed by atoms with Gasteiger partial charge >= 0.3 is 5.97 Å². The molecule has 0 unspecified atom stereocenters. The van der Waals surface area contributed by atoms with Crippen molar-refractivity contribution >= 4 is 17.1 Å². The third-order valence-electron chi connectivity index (χ3n) is 2.13. The summed E-state index contributed by atoms with van der Waals surface area (Å²) in [6, 6.07) is 4.65. The smallest absolute Gasteiger partial charge is 0.335 e. The monoisotopic (exact) mass is 220 g/mol. The Morgan fingerprint density at radius 2 is 2.25 bits per heavy atom. The quantitative estimate of drug-likeness (QED) is 0.850. The van der Waals surface area contributed by atoms with Gasteiger partial charge in [-0.2, -0.15) is 0 Å². The van der Waals surface area contributed by atoms with E-state index in [9.17, 15) is 4.79 Å². The lowest BCUT2D eigenvalue weighted by Crippen LogP contribution is -2.10. The van der Waals surface area contributed by atoms with Crippen molar-refractivity contribution in [3.05, 3.63) is 29.7 Å². The Kier molecular flexibility index (Phi) is 2.62. The fraction of sp³-hybridized carbons (Fsp3) is 0.273. The van der Waals surface area contributed by atoms with Gasteiger partial charge in [-0.05, 0) is 32.3 Å². The van der Waals surface area contributed by atoms with E-state index in [2.05, 4.69) is 4.98 Å². The summed E-state index contributed by atoms with van der Waals surface area (Å²) in [5.74, 6) is -0.374. The Morgan fingerprint density at radius 3 is 2.88 bits per heavy atom. The molecule has 1 N–H and O–H groups in total. The van der Waals surface area contributed by atoms with Gasteiger partial charge in [0.05, 0.1) is 12.1 Å². The van der Waals surface area contributed by atoms with Crippen LogP contribution in [0.5, 0.6) is 0 Å². The third-order valence-corrected chi connectivity index (χ3v) is 2.13. The van der Waals surface area contributed by atoms with Gasteiger partial charge < -0.3 is 14.4 Å². The lowest BCUT2D eigenvalue weighted by atomic mass is 10.2. The lowest BCUT2D eigenvalue weighted by molar-refractivity contribution is 0.0697. The highest BCUT2D eigenvalue weighted by Gasteiger charge is 2.09. The highest BCUT2D eigenvalue weighted by Crippen LogP contribution is 2.17. The molecular weight excluding hydrogens is 208 g/mol. The molecule has 0 amide bonds. The number of carbonyl (C=O) groups is 1. The zero-order valence-corrected chi connectivity index (χ0v) is 9.10. The standard InChI is InChI=1S/C11H12N2O3/c1-13(2)6-10-12-8-5-7(11(14)15)3-4-9(8)16-10/h3-5H,6H2,1-2H3,(H,14,15). The number of hydrogen-bond donors (Lipinski definition) is 1. The van der Waals surface area contributed by atoms with Gasteiger partial charge in [-0.25, -0.2) is 9.78 Å². The number of carboxylic acid groups (broad SMARTS) is 1. The normalized spacial score (nSPS) is 11.2. The molecule has 1 aromatic carbocycles. The molecule has 0 saturated carbocycles. The van der Waals surface area contributed by atoms with Gasteiger partial charge in [0, 0.05) is 0 Å². The van der Waals surface area contributed by atoms with Crippen LogP contribution in [0.15, 0.2) is 22.6 Å². The van der Waals surface area contributed by atoms with Crippen LogP contribution in [0.1, 0.15) is 16.2 Å². The van der Waals surface area contributed by atoms with Crippen LogP contribution in [0.4, 0.5) is 0 Å². The maximum Gasteiger partial charge on any atom is 0.335 e. The van der Waals surface area contributed by atoms with Gasteiger partial charge in [-0.3, -0.25) is 0 Å². The van der Waals surface area contributed by atoms with Crippen molar-refractivity contribution in [3.8, 4) is 0 Å². The summed E-state index contributed by atoms with van der Waals surface area (Å²) in [5, 5.41) is 8.83. The van der Waals surface area contributed by atoms with Gasteiger partial charge in [-0.15, -0.1) is 0 Å². The van der Waals surface area contributed by atoms with Crippen LogP contribution in [0.25, 0.3) is 11.1 Å². The summed E-state index contributed by atoms with van der Waals surface area (Å²) in [5.41, 5.74) is 1.41. The van der Waals surface area contributed by atoms with Crippen molar-refractivity contribution in [1.82, 2.24) is 9.88 Å². The van der Waals surface area contributed by atoms with Crippen molar-refractivity contribution in [2.75, 3.05) is 14.1 Å². The van der Waals surface area contributed by atoms with E-state index in [0.29, 0.717) is 23.5 Å². The second-order valence-electron chi connectivity index (χ2n) is 3.83. The minimum absolute atomic E-state index is 0.220. The van der Waals surface area contributed by atoms with Crippen LogP contribution < -0.4 is 0 Å². The Hall–Kier alpha value is -1.88. The fourth-order valence-electron chi connectivity index (χ4n) is 1.45. The molecule has 0 bridgehead atoms. The van der Waals surface area contributed by atoms with E-state index in [1.807, 2.05) is 19.0 Å². The third kappa shape index (κ3) is 2.04. The van der Waals surface area contributed by atoms with Gasteiger partial charge in [0.2, 0.25) is 5.89 Å². The summed E-state index contributed by atoms with van der Waals surface area (Å²) < 4.78 is 5.47.